The first-order chi connectivity index (χ1) is 17.3. The number of rotatable bonds is 8. The molecule has 0 radical (unpaired) electrons. The molecule has 3 aromatic rings. The Morgan fingerprint density at radius 2 is 1.97 bits per heavy atom. The van der Waals surface area contributed by atoms with Crippen molar-refractivity contribution in [1.29, 1.82) is 0 Å². The number of nitro benzene ring substituents is 1. The highest BCUT2D eigenvalue weighted by atomic mass is 35.5. The Bertz CT molecular complexity index is 1280. The summed E-state index contributed by atoms with van der Waals surface area (Å²) in [5, 5.41) is 13.2. The number of nitro groups is 1. The summed E-state index contributed by atoms with van der Waals surface area (Å²) >= 11 is 7.54. The lowest BCUT2D eigenvalue weighted by Crippen LogP contribution is -2.47. The second-order valence-electron chi connectivity index (χ2n) is 8.59. The van der Waals surface area contributed by atoms with Gasteiger partial charge in [-0.05, 0) is 59.7 Å². The smallest absolute Gasteiger partial charge is 0.288 e. The highest BCUT2D eigenvalue weighted by Crippen LogP contribution is 2.38. The highest BCUT2D eigenvalue weighted by Gasteiger charge is 2.34. The molecular weight excluding hydrogens is 505 g/mol. The molecular formula is C26H25ClFN3O4S. The number of benzene rings is 2. The lowest BCUT2D eigenvalue weighted by Gasteiger charge is -2.37. The van der Waals surface area contributed by atoms with Gasteiger partial charge in [0.05, 0.1) is 11.0 Å². The molecule has 0 unspecified atom stereocenters. The van der Waals surface area contributed by atoms with Crippen LogP contribution in [0.5, 0.6) is 0 Å². The Morgan fingerprint density at radius 3 is 2.67 bits per heavy atom. The molecule has 188 valence electrons. The topological polar surface area (TPSA) is 83.8 Å². The van der Waals surface area contributed by atoms with Crippen molar-refractivity contribution in [2.45, 2.75) is 32.2 Å². The average molecular weight is 530 g/mol. The molecule has 1 atom stereocenters. The summed E-state index contributed by atoms with van der Waals surface area (Å²) < 4.78 is 13.6. The van der Waals surface area contributed by atoms with Crippen LogP contribution >= 0.6 is 22.9 Å². The van der Waals surface area contributed by atoms with E-state index >= 15 is 0 Å². The molecule has 0 fully saturated rings. The Labute approximate surface area is 217 Å². The van der Waals surface area contributed by atoms with Gasteiger partial charge in [0.2, 0.25) is 5.91 Å². The fourth-order valence-corrected chi connectivity index (χ4v) is 5.50. The van der Waals surface area contributed by atoms with Gasteiger partial charge >= 0.3 is 0 Å². The number of halogens is 2. The Kier molecular flexibility index (Phi) is 8.01. The second kappa shape index (κ2) is 11.2. The third-order valence-corrected chi connectivity index (χ3v) is 7.57. The molecule has 1 aliphatic rings. The van der Waals surface area contributed by atoms with Crippen molar-refractivity contribution < 1.29 is 18.9 Å². The van der Waals surface area contributed by atoms with Gasteiger partial charge in [-0.2, -0.15) is 0 Å². The van der Waals surface area contributed by atoms with Gasteiger partial charge in [0.1, 0.15) is 17.4 Å². The molecule has 2 heterocycles. The first-order valence-corrected chi connectivity index (χ1v) is 12.9. The summed E-state index contributed by atoms with van der Waals surface area (Å²) in [7, 11) is 0. The van der Waals surface area contributed by atoms with Crippen LogP contribution in [0.2, 0.25) is 5.02 Å². The number of carbonyl (C=O) groups is 2. The van der Waals surface area contributed by atoms with Crippen LogP contribution in [0.15, 0.2) is 53.9 Å². The highest BCUT2D eigenvalue weighted by molar-refractivity contribution is 7.10. The number of thiophene rings is 1. The van der Waals surface area contributed by atoms with Crippen molar-refractivity contribution in [1.82, 2.24) is 9.80 Å². The van der Waals surface area contributed by atoms with Gasteiger partial charge in [0.15, 0.2) is 0 Å². The van der Waals surface area contributed by atoms with Crippen molar-refractivity contribution in [3.8, 4) is 0 Å². The van der Waals surface area contributed by atoms with E-state index < -0.39 is 10.8 Å². The first-order valence-electron chi connectivity index (χ1n) is 11.6. The van der Waals surface area contributed by atoms with Crippen molar-refractivity contribution in [3.05, 3.63) is 96.4 Å². The molecule has 0 spiro atoms. The molecule has 1 aromatic heterocycles. The fourth-order valence-electron chi connectivity index (χ4n) is 4.41. The lowest BCUT2D eigenvalue weighted by molar-refractivity contribution is -0.384. The molecule has 0 N–H and O–H groups in total. The van der Waals surface area contributed by atoms with Crippen LogP contribution < -0.4 is 0 Å². The number of nitrogens with zero attached hydrogens (tertiary/aromatic N) is 3. The molecule has 0 saturated heterocycles. The molecule has 0 bridgehead atoms. The average Bonchev–Trinajstić information content (AvgIpc) is 3.35. The number of amides is 2. The van der Waals surface area contributed by atoms with Gasteiger partial charge in [-0.1, -0.05) is 37.1 Å². The maximum absolute atomic E-state index is 13.7. The molecule has 0 aliphatic carbocycles. The summed E-state index contributed by atoms with van der Waals surface area (Å²) in [6, 6.07) is 11.6. The van der Waals surface area contributed by atoms with Gasteiger partial charge in [-0.25, -0.2) is 4.39 Å². The standard InChI is InChI=1S/C26H25ClFN3O4S/c1-2-3-12-29(26(33)18-6-9-21(27)22(15-18)31(34)35)16-24(32)30-13-10-23-20(11-14-36-23)25(30)17-4-7-19(28)8-5-17/h4-9,11,14-15,25H,2-3,10,12-13,16H2,1H3/t25-/m0/s1. The molecule has 2 aromatic carbocycles. The maximum atomic E-state index is 13.7. The summed E-state index contributed by atoms with van der Waals surface area (Å²) in [6.07, 6.45) is 2.17. The number of hydrogen-bond acceptors (Lipinski definition) is 5. The predicted molar refractivity (Wildman–Crippen MR) is 137 cm³/mol. The summed E-state index contributed by atoms with van der Waals surface area (Å²) in [6.45, 7) is 2.60. The lowest BCUT2D eigenvalue weighted by atomic mass is 9.93. The van der Waals surface area contributed by atoms with Gasteiger partial charge < -0.3 is 9.80 Å². The van der Waals surface area contributed by atoms with E-state index in [2.05, 4.69) is 0 Å². The summed E-state index contributed by atoms with van der Waals surface area (Å²) in [4.78, 5) is 42.0. The van der Waals surface area contributed by atoms with Crippen LogP contribution in [0, 0.1) is 15.9 Å². The Balaban J connectivity index is 1.62. The number of hydrogen-bond donors (Lipinski definition) is 0. The number of unbranched alkanes of at least 4 members (excludes halogenated alkanes) is 1. The van der Waals surface area contributed by atoms with Gasteiger partial charge in [0, 0.05) is 29.6 Å². The molecule has 36 heavy (non-hydrogen) atoms. The van der Waals surface area contributed by atoms with Gasteiger partial charge in [-0.15, -0.1) is 11.3 Å². The molecule has 7 nitrogen and oxygen atoms in total. The number of carbonyl (C=O) groups excluding carboxylic acids is 2. The minimum absolute atomic E-state index is 0.0604. The van der Waals surface area contributed by atoms with Crippen LogP contribution in [-0.4, -0.2) is 46.2 Å². The summed E-state index contributed by atoms with van der Waals surface area (Å²) in [5.41, 5.74) is 1.54. The van der Waals surface area contributed by atoms with Crippen LogP contribution in [0.3, 0.4) is 0 Å². The van der Waals surface area contributed by atoms with E-state index in [1.165, 1.54) is 34.0 Å². The van der Waals surface area contributed by atoms with E-state index in [0.29, 0.717) is 25.9 Å². The van der Waals surface area contributed by atoms with E-state index in [0.717, 1.165) is 23.6 Å². The zero-order chi connectivity index (χ0) is 25.8. The van der Waals surface area contributed by atoms with Crippen molar-refractivity contribution >= 4 is 40.4 Å². The zero-order valence-electron chi connectivity index (χ0n) is 19.7. The van der Waals surface area contributed by atoms with Crippen LogP contribution in [-0.2, 0) is 11.2 Å². The minimum Gasteiger partial charge on any atom is -0.330 e. The van der Waals surface area contributed by atoms with Crippen LogP contribution in [0.1, 0.15) is 52.2 Å². The molecule has 0 saturated carbocycles. The van der Waals surface area contributed by atoms with Crippen LogP contribution in [0.4, 0.5) is 10.1 Å². The van der Waals surface area contributed by atoms with E-state index in [1.54, 1.807) is 28.4 Å². The van der Waals surface area contributed by atoms with Crippen LogP contribution in [0.25, 0.3) is 0 Å². The number of fused-ring (bicyclic) bond motifs is 1. The second-order valence-corrected chi connectivity index (χ2v) is 10.0. The van der Waals surface area contributed by atoms with Gasteiger partial charge in [0.25, 0.3) is 11.6 Å². The predicted octanol–water partition coefficient (Wildman–Crippen LogP) is 5.87. The maximum Gasteiger partial charge on any atom is 0.288 e. The quantitative estimate of drug-likeness (QED) is 0.270. The monoisotopic (exact) mass is 529 g/mol. The molecule has 4 rings (SSSR count). The zero-order valence-corrected chi connectivity index (χ0v) is 21.2. The third kappa shape index (κ3) is 5.42. The van der Waals surface area contributed by atoms with E-state index in [1.807, 2.05) is 18.4 Å². The molecule has 1 aliphatic heterocycles. The largest absolute Gasteiger partial charge is 0.330 e. The summed E-state index contributed by atoms with van der Waals surface area (Å²) in [5.74, 6) is -1.07. The van der Waals surface area contributed by atoms with Crippen molar-refractivity contribution in [3.63, 3.8) is 0 Å². The van der Waals surface area contributed by atoms with E-state index in [-0.39, 0.29) is 40.6 Å². The van der Waals surface area contributed by atoms with Crippen molar-refractivity contribution in [2.24, 2.45) is 0 Å². The van der Waals surface area contributed by atoms with E-state index in [4.69, 9.17) is 11.6 Å². The molecule has 10 heteroatoms. The minimum atomic E-state index is -0.639. The fraction of sp³-hybridized carbons (Fsp3) is 0.308. The van der Waals surface area contributed by atoms with E-state index in [9.17, 15) is 24.1 Å². The SMILES string of the molecule is CCCCN(CC(=O)N1CCc2sccc2[C@@H]1c1ccc(F)cc1)C(=O)c1ccc(Cl)c([N+](=O)[O-])c1. The van der Waals surface area contributed by atoms with Gasteiger partial charge in [-0.3, -0.25) is 19.7 Å². The normalized spacial score (nSPS) is 14.9. The third-order valence-electron chi connectivity index (χ3n) is 6.26. The Morgan fingerprint density at radius 1 is 1.22 bits per heavy atom. The molecule has 2 amide bonds. The van der Waals surface area contributed by atoms with Crippen molar-refractivity contribution in [2.75, 3.05) is 19.6 Å². The Hall–Kier alpha value is -3.30. The first kappa shape index (κ1) is 25.8.